The first kappa shape index (κ1) is 14.5. The molecule has 0 aromatic carbocycles. The lowest BCUT2D eigenvalue weighted by molar-refractivity contribution is -0.0724. The van der Waals surface area contributed by atoms with Crippen LogP contribution in [0.2, 0.25) is 4.34 Å². The maximum absolute atomic E-state index is 12.1. The van der Waals surface area contributed by atoms with Gasteiger partial charge in [0.2, 0.25) is 0 Å². The van der Waals surface area contributed by atoms with Crippen LogP contribution >= 0.6 is 22.9 Å². The van der Waals surface area contributed by atoms with Crippen LogP contribution in [0.15, 0.2) is 18.0 Å². The first-order chi connectivity index (χ1) is 10.6. The highest BCUT2D eigenvalue weighted by Gasteiger charge is 2.46. The van der Waals surface area contributed by atoms with Gasteiger partial charge in [-0.3, -0.25) is 9.80 Å². The van der Waals surface area contributed by atoms with E-state index in [9.17, 15) is 4.79 Å². The molecular formula is C14H17ClN4O2S. The van der Waals surface area contributed by atoms with Crippen LogP contribution in [0, 0.1) is 0 Å². The van der Waals surface area contributed by atoms with Crippen molar-refractivity contribution in [3.8, 4) is 0 Å². The van der Waals surface area contributed by atoms with Crippen molar-refractivity contribution in [1.29, 1.82) is 0 Å². The second kappa shape index (κ2) is 5.21. The fourth-order valence-electron chi connectivity index (χ4n) is 3.37. The molecule has 0 saturated carbocycles. The summed E-state index contributed by atoms with van der Waals surface area (Å²) in [5.74, 6) is 0.0264. The van der Waals surface area contributed by atoms with E-state index in [1.165, 1.54) is 11.3 Å². The minimum atomic E-state index is -0.416. The van der Waals surface area contributed by atoms with Crippen molar-refractivity contribution < 1.29 is 9.53 Å². The second-order valence-electron chi connectivity index (χ2n) is 5.89. The number of fused-ring (bicyclic) bond motifs is 2. The van der Waals surface area contributed by atoms with Gasteiger partial charge in [0.1, 0.15) is 12.2 Å². The zero-order valence-electron chi connectivity index (χ0n) is 12.1. The molecule has 0 aliphatic carbocycles. The molecule has 1 fully saturated rings. The Morgan fingerprint density at radius 3 is 3.18 bits per heavy atom. The molecule has 1 aromatic rings. The van der Waals surface area contributed by atoms with Crippen LogP contribution in [-0.4, -0.2) is 37.0 Å². The number of nitrogens with one attached hydrogen (secondary N) is 3. The number of thiophene rings is 1. The molecule has 3 aliphatic rings. The third kappa shape index (κ3) is 2.24. The molecule has 0 amide bonds. The van der Waals surface area contributed by atoms with Crippen molar-refractivity contribution in [1.82, 2.24) is 21.3 Å². The molecule has 0 radical (unpaired) electrons. The molecule has 3 N–H and O–H groups in total. The summed E-state index contributed by atoms with van der Waals surface area (Å²) in [5, 5.41) is 5.38. The monoisotopic (exact) mass is 340 g/mol. The number of ketones is 1. The van der Waals surface area contributed by atoms with E-state index in [1.54, 1.807) is 6.07 Å². The Morgan fingerprint density at radius 1 is 1.55 bits per heavy atom. The number of halogens is 1. The number of nitrogens with zero attached hydrogens (tertiary/aromatic N) is 1. The zero-order chi connectivity index (χ0) is 15.3. The average Bonchev–Trinajstić information content (AvgIpc) is 3.11. The smallest absolute Gasteiger partial charge is 0.189 e. The quantitative estimate of drug-likeness (QED) is 0.717. The molecular weight excluding hydrogens is 324 g/mol. The summed E-state index contributed by atoms with van der Waals surface area (Å²) < 4.78 is 6.70. The number of ether oxygens (including phenoxy) is 1. The van der Waals surface area contributed by atoms with Crippen molar-refractivity contribution >= 4 is 28.7 Å². The molecule has 2 atom stereocenters. The zero-order valence-corrected chi connectivity index (χ0v) is 13.7. The molecule has 22 heavy (non-hydrogen) atoms. The van der Waals surface area contributed by atoms with Crippen LogP contribution in [0.5, 0.6) is 0 Å². The van der Waals surface area contributed by atoms with E-state index < -0.39 is 5.60 Å². The Morgan fingerprint density at radius 2 is 2.41 bits per heavy atom. The first-order valence-corrected chi connectivity index (χ1v) is 8.43. The van der Waals surface area contributed by atoms with Gasteiger partial charge in [-0.05, 0) is 19.0 Å². The normalized spacial score (nSPS) is 31.2. The molecule has 8 heteroatoms. The van der Waals surface area contributed by atoms with E-state index in [0.29, 0.717) is 4.34 Å². The van der Waals surface area contributed by atoms with Crippen LogP contribution < -0.4 is 16.3 Å². The third-order valence-electron chi connectivity index (χ3n) is 4.43. The Kier molecular flexibility index (Phi) is 3.43. The van der Waals surface area contributed by atoms with Gasteiger partial charge in [0.15, 0.2) is 5.78 Å². The third-order valence-corrected chi connectivity index (χ3v) is 5.88. The van der Waals surface area contributed by atoms with E-state index in [1.807, 2.05) is 18.3 Å². The lowest BCUT2D eigenvalue weighted by Crippen LogP contribution is -2.52. The molecule has 1 spiro atoms. The Labute approximate surface area is 137 Å². The van der Waals surface area contributed by atoms with Crippen molar-refractivity contribution in [2.45, 2.75) is 24.5 Å². The van der Waals surface area contributed by atoms with Crippen LogP contribution in [0.4, 0.5) is 0 Å². The molecule has 0 bridgehead atoms. The largest absolute Gasteiger partial charge is 0.361 e. The van der Waals surface area contributed by atoms with E-state index in [4.69, 9.17) is 16.3 Å². The maximum atomic E-state index is 12.1. The summed E-state index contributed by atoms with van der Waals surface area (Å²) in [7, 11) is 1.94. The molecule has 4 heterocycles. The molecule has 1 saturated heterocycles. The number of hydrogen-bond acceptors (Lipinski definition) is 7. The summed E-state index contributed by atoms with van der Waals surface area (Å²) in [6.07, 6.45) is 3.64. The summed E-state index contributed by atoms with van der Waals surface area (Å²) in [5.41, 5.74) is 7.59. The lowest BCUT2D eigenvalue weighted by atomic mass is 9.81. The molecule has 0 unspecified atom stereocenters. The van der Waals surface area contributed by atoms with Gasteiger partial charge in [0.05, 0.1) is 16.1 Å². The average molecular weight is 341 g/mol. The number of piperidine rings is 1. The van der Waals surface area contributed by atoms with Crippen molar-refractivity contribution in [3.63, 3.8) is 0 Å². The lowest BCUT2D eigenvalue weighted by Gasteiger charge is -2.43. The first-order valence-electron chi connectivity index (χ1n) is 7.24. The summed E-state index contributed by atoms with van der Waals surface area (Å²) >= 11 is 7.63. The highest BCUT2D eigenvalue weighted by molar-refractivity contribution is 7.16. The van der Waals surface area contributed by atoms with E-state index in [0.717, 1.165) is 35.5 Å². The minimum Gasteiger partial charge on any atom is -0.361 e. The number of hydrogen-bond donors (Lipinski definition) is 3. The Hall–Kier alpha value is -1.12. The van der Waals surface area contributed by atoms with Crippen LogP contribution in [-0.2, 0) is 10.3 Å². The number of carbonyl (C=O) groups is 1. The predicted molar refractivity (Wildman–Crippen MR) is 84.4 cm³/mol. The molecule has 6 nitrogen and oxygen atoms in total. The Balaban J connectivity index is 1.68. The maximum Gasteiger partial charge on any atom is 0.189 e. The summed E-state index contributed by atoms with van der Waals surface area (Å²) in [4.78, 5) is 13.1. The standard InChI is InChI=1S/C14H17ClN4O2S/c1-19-6-10(17-18-19)9-5-14(2-3-16-9)13-8(4-12(15)22-13)11(20)7-21-14/h4,6,9,16-18H,2-3,5,7H2,1H3/t9-,14-/m0/s1. The molecule has 118 valence electrons. The van der Waals surface area contributed by atoms with Crippen LogP contribution in [0.1, 0.15) is 28.1 Å². The van der Waals surface area contributed by atoms with Gasteiger partial charge in [0.25, 0.3) is 0 Å². The van der Waals surface area contributed by atoms with Crippen molar-refractivity contribution in [3.05, 3.63) is 32.7 Å². The molecule has 1 aromatic heterocycles. The van der Waals surface area contributed by atoms with Gasteiger partial charge in [-0.1, -0.05) is 11.6 Å². The SMILES string of the molecule is CN1C=C([C@@H]2C[C@]3(CCN2)OCC(=O)c2cc(Cl)sc23)NN1. The fraction of sp³-hybridized carbons (Fsp3) is 0.500. The highest BCUT2D eigenvalue weighted by Crippen LogP contribution is 2.47. The van der Waals surface area contributed by atoms with Crippen molar-refractivity contribution in [2.75, 3.05) is 20.2 Å². The van der Waals surface area contributed by atoms with Gasteiger partial charge in [0, 0.05) is 30.1 Å². The van der Waals surface area contributed by atoms with Crippen molar-refractivity contribution in [2.24, 2.45) is 0 Å². The molecule has 3 aliphatic heterocycles. The number of carbonyl (C=O) groups excluding carboxylic acids is 1. The molecule has 4 rings (SSSR count). The van der Waals surface area contributed by atoms with E-state index in [-0.39, 0.29) is 18.4 Å². The van der Waals surface area contributed by atoms with Gasteiger partial charge in [-0.2, -0.15) is 0 Å². The summed E-state index contributed by atoms with van der Waals surface area (Å²) in [6, 6.07) is 1.93. The topological polar surface area (TPSA) is 65.6 Å². The predicted octanol–water partition coefficient (Wildman–Crippen LogP) is 1.36. The van der Waals surface area contributed by atoms with Gasteiger partial charge >= 0.3 is 0 Å². The van der Waals surface area contributed by atoms with Crippen LogP contribution in [0.3, 0.4) is 0 Å². The fourth-order valence-corrected chi connectivity index (χ4v) is 4.79. The second-order valence-corrected chi connectivity index (χ2v) is 7.58. The number of hydrazine groups is 2. The number of rotatable bonds is 1. The Bertz CT molecular complexity index is 661. The summed E-state index contributed by atoms with van der Waals surface area (Å²) in [6.45, 7) is 0.966. The minimum absolute atomic E-state index is 0.0264. The van der Waals surface area contributed by atoms with E-state index >= 15 is 0 Å². The highest BCUT2D eigenvalue weighted by atomic mass is 35.5. The van der Waals surface area contributed by atoms with E-state index in [2.05, 4.69) is 16.3 Å². The van der Waals surface area contributed by atoms with Gasteiger partial charge in [-0.15, -0.1) is 16.9 Å². The van der Waals surface area contributed by atoms with Gasteiger partial charge in [-0.25, -0.2) is 0 Å². The van der Waals surface area contributed by atoms with Gasteiger partial charge < -0.3 is 15.5 Å². The number of Topliss-reactive ketones (excluding diaryl/α,β-unsaturated/α-hetero) is 1. The van der Waals surface area contributed by atoms with Crippen LogP contribution in [0.25, 0.3) is 0 Å².